The average Bonchev–Trinajstić information content (AvgIpc) is 3.01. The Bertz CT molecular complexity index is 706. The molecule has 24 heavy (non-hydrogen) atoms. The first-order valence-electron chi connectivity index (χ1n) is 7.30. The SMILES string of the molecule is CC[C@H](C)C(=O)Nc1nnc(SCC(=O)Nc2ccc(F)cc2)s1. The van der Waals surface area contributed by atoms with Gasteiger partial charge < -0.3 is 10.6 Å². The van der Waals surface area contributed by atoms with Crippen LogP contribution in [0.4, 0.5) is 15.2 Å². The van der Waals surface area contributed by atoms with Crippen LogP contribution in [0.3, 0.4) is 0 Å². The summed E-state index contributed by atoms with van der Waals surface area (Å²) in [5.41, 5.74) is 0.528. The number of nitrogens with zero attached hydrogens (tertiary/aromatic N) is 2. The molecule has 2 amide bonds. The third kappa shape index (κ3) is 5.57. The van der Waals surface area contributed by atoms with E-state index in [0.29, 0.717) is 15.2 Å². The van der Waals surface area contributed by atoms with E-state index < -0.39 is 0 Å². The van der Waals surface area contributed by atoms with Crippen LogP contribution in [-0.4, -0.2) is 27.8 Å². The normalized spacial score (nSPS) is 11.8. The first kappa shape index (κ1) is 18.3. The lowest BCUT2D eigenvalue weighted by molar-refractivity contribution is -0.119. The number of hydrogen-bond acceptors (Lipinski definition) is 6. The number of thioether (sulfide) groups is 1. The summed E-state index contributed by atoms with van der Waals surface area (Å²) >= 11 is 2.44. The summed E-state index contributed by atoms with van der Waals surface area (Å²) in [6.07, 6.45) is 0.746. The van der Waals surface area contributed by atoms with Crippen molar-refractivity contribution in [3.63, 3.8) is 0 Å². The zero-order valence-electron chi connectivity index (χ0n) is 13.2. The minimum absolute atomic E-state index is 0.0912. The molecule has 0 aliphatic carbocycles. The number of carbonyl (C=O) groups is 2. The maximum absolute atomic E-state index is 12.8. The molecule has 1 aromatic carbocycles. The van der Waals surface area contributed by atoms with E-state index in [-0.39, 0.29) is 29.3 Å². The van der Waals surface area contributed by atoms with Crippen molar-refractivity contribution in [2.24, 2.45) is 5.92 Å². The van der Waals surface area contributed by atoms with Gasteiger partial charge in [0.05, 0.1) is 5.75 Å². The molecule has 1 heterocycles. The number of rotatable bonds is 7. The Labute approximate surface area is 147 Å². The number of carbonyl (C=O) groups excluding carboxylic acids is 2. The molecule has 2 N–H and O–H groups in total. The average molecular weight is 368 g/mol. The lowest BCUT2D eigenvalue weighted by atomic mass is 10.1. The molecule has 6 nitrogen and oxygen atoms in total. The van der Waals surface area contributed by atoms with E-state index in [1.165, 1.54) is 47.4 Å². The lowest BCUT2D eigenvalue weighted by Crippen LogP contribution is -2.19. The van der Waals surface area contributed by atoms with Gasteiger partial charge in [0.15, 0.2) is 4.34 Å². The summed E-state index contributed by atoms with van der Waals surface area (Å²) in [6, 6.07) is 5.54. The van der Waals surface area contributed by atoms with Crippen LogP contribution in [0.1, 0.15) is 20.3 Å². The molecule has 0 aliphatic heterocycles. The third-order valence-electron chi connectivity index (χ3n) is 3.15. The largest absolute Gasteiger partial charge is 0.325 e. The van der Waals surface area contributed by atoms with Crippen molar-refractivity contribution >= 4 is 45.7 Å². The molecule has 0 fully saturated rings. The standard InChI is InChI=1S/C15H17FN4O2S2/c1-3-9(2)13(22)18-14-19-20-15(24-14)23-8-12(21)17-11-6-4-10(16)5-7-11/h4-7,9H,3,8H2,1-2H3,(H,17,21)(H,18,19,22)/t9-/m0/s1. The van der Waals surface area contributed by atoms with Gasteiger partial charge in [-0.2, -0.15) is 0 Å². The molecule has 0 saturated carbocycles. The Morgan fingerprint density at radius 1 is 1.25 bits per heavy atom. The summed E-state index contributed by atoms with van der Waals surface area (Å²) in [5, 5.41) is 13.6. The number of hydrogen-bond donors (Lipinski definition) is 2. The molecular formula is C15H17FN4O2S2. The molecule has 0 spiro atoms. The summed E-state index contributed by atoms with van der Waals surface area (Å²) in [6.45, 7) is 3.77. The van der Waals surface area contributed by atoms with Gasteiger partial charge in [-0.05, 0) is 30.7 Å². The van der Waals surface area contributed by atoms with Crippen LogP contribution >= 0.6 is 23.1 Å². The predicted octanol–water partition coefficient (Wildman–Crippen LogP) is 3.39. The second-order valence-corrected chi connectivity index (χ2v) is 7.22. The molecule has 128 valence electrons. The number of nitrogens with one attached hydrogen (secondary N) is 2. The van der Waals surface area contributed by atoms with Gasteiger partial charge in [0.1, 0.15) is 5.82 Å². The molecule has 0 aliphatic rings. The zero-order chi connectivity index (χ0) is 17.5. The number of benzene rings is 1. The first-order chi connectivity index (χ1) is 11.5. The van der Waals surface area contributed by atoms with Crippen molar-refractivity contribution in [2.75, 3.05) is 16.4 Å². The van der Waals surface area contributed by atoms with Gasteiger partial charge in [0.2, 0.25) is 16.9 Å². The van der Waals surface area contributed by atoms with Crippen molar-refractivity contribution in [1.82, 2.24) is 10.2 Å². The van der Waals surface area contributed by atoms with E-state index in [2.05, 4.69) is 20.8 Å². The molecule has 0 unspecified atom stereocenters. The van der Waals surface area contributed by atoms with Crippen molar-refractivity contribution in [3.05, 3.63) is 30.1 Å². The summed E-state index contributed by atoms with van der Waals surface area (Å²) in [5.74, 6) is -0.633. The molecular weight excluding hydrogens is 351 g/mol. The molecule has 0 saturated heterocycles. The predicted molar refractivity (Wildman–Crippen MR) is 93.7 cm³/mol. The van der Waals surface area contributed by atoms with Crippen molar-refractivity contribution < 1.29 is 14.0 Å². The molecule has 2 rings (SSSR count). The fourth-order valence-corrected chi connectivity index (χ4v) is 3.15. The highest BCUT2D eigenvalue weighted by Crippen LogP contribution is 2.26. The van der Waals surface area contributed by atoms with Gasteiger partial charge in [-0.15, -0.1) is 10.2 Å². The maximum atomic E-state index is 12.8. The maximum Gasteiger partial charge on any atom is 0.234 e. The topological polar surface area (TPSA) is 84.0 Å². The van der Waals surface area contributed by atoms with Gasteiger partial charge in [0, 0.05) is 11.6 Å². The zero-order valence-corrected chi connectivity index (χ0v) is 14.8. The number of amides is 2. The Hall–Kier alpha value is -2.00. The summed E-state index contributed by atoms with van der Waals surface area (Å²) in [4.78, 5) is 23.6. The number of aromatic nitrogens is 2. The van der Waals surface area contributed by atoms with Crippen LogP contribution in [0.15, 0.2) is 28.6 Å². The molecule has 1 atom stereocenters. The summed E-state index contributed by atoms with van der Waals surface area (Å²) < 4.78 is 13.4. The van der Waals surface area contributed by atoms with Gasteiger partial charge >= 0.3 is 0 Å². The van der Waals surface area contributed by atoms with Crippen molar-refractivity contribution in [3.8, 4) is 0 Å². The molecule has 0 bridgehead atoms. The Morgan fingerprint density at radius 2 is 1.96 bits per heavy atom. The Kier molecular flexibility index (Phi) is 6.68. The van der Waals surface area contributed by atoms with Gasteiger partial charge in [0.25, 0.3) is 0 Å². The van der Waals surface area contributed by atoms with Crippen LogP contribution in [0.2, 0.25) is 0 Å². The third-order valence-corrected chi connectivity index (χ3v) is 5.12. The number of halogens is 1. The van der Waals surface area contributed by atoms with Gasteiger partial charge in [-0.25, -0.2) is 4.39 Å². The smallest absolute Gasteiger partial charge is 0.234 e. The van der Waals surface area contributed by atoms with Gasteiger partial charge in [-0.3, -0.25) is 9.59 Å². The molecule has 9 heteroatoms. The highest BCUT2D eigenvalue weighted by atomic mass is 32.2. The summed E-state index contributed by atoms with van der Waals surface area (Å²) in [7, 11) is 0. The lowest BCUT2D eigenvalue weighted by Gasteiger charge is -2.06. The highest BCUT2D eigenvalue weighted by molar-refractivity contribution is 8.01. The molecule has 2 aromatic rings. The quantitative estimate of drug-likeness (QED) is 0.578. The molecule has 0 radical (unpaired) electrons. The van der Waals surface area contributed by atoms with Gasteiger partial charge in [-0.1, -0.05) is 36.9 Å². The van der Waals surface area contributed by atoms with E-state index in [1.54, 1.807) is 0 Å². The fourth-order valence-electron chi connectivity index (χ4n) is 1.59. The van der Waals surface area contributed by atoms with Crippen LogP contribution in [0.5, 0.6) is 0 Å². The molecule has 1 aromatic heterocycles. The highest BCUT2D eigenvalue weighted by Gasteiger charge is 2.14. The van der Waals surface area contributed by atoms with Crippen LogP contribution in [0.25, 0.3) is 0 Å². The fraction of sp³-hybridized carbons (Fsp3) is 0.333. The van der Waals surface area contributed by atoms with Crippen molar-refractivity contribution in [1.29, 1.82) is 0 Å². The van der Waals surface area contributed by atoms with Crippen LogP contribution in [0, 0.1) is 11.7 Å². The van der Waals surface area contributed by atoms with E-state index in [9.17, 15) is 14.0 Å². The van der Waals surface area contributed by atoms with E-state index >= 15 is 0 Å². The minimum atomic E-state index is -0.358. The van der Waals surface area contributed by atoms with E-state index in [4.69, 9.17) is 0 Å². The Balaban J connectivity index is 1.81. The number of anilines is 2. The second-order valence-electron chi connectivity index (χ2n) is 5.02. The van der Waals surface area contributed by atoms with Crippen molar-refractivity contribution in [2.45, 2.75) is 24.6 Å². The first-order valence-corrected chi connectivity index (χ1v) is 9.10. The van der Waals surface area contributed by atoms with E-state index in [1.807, 2.05) is 13.8 Å². The van der Waals surface area contributed by atoms with E-state index in [0.717, 1.165) is 6.42 Å². The monoisotopic (exact) mass is 368 g/mol. The van der Waals surface area contributed by atoms with Crippen LogP contribution in [-0.2, 0) is 9.59 Å². The van der Waals surface area contributed by atoms with Crippen LogP contribution < -0.4 is 10.6 Å². The Morgan fingerprint density at radius 3 is 2.62 bits per heavy atom. The second kappa shape index (κ2) is 8.74. The minimum Gasteiger partial charge on any atom is -0.325 e.